The van der Waals surface area contributed by atoms with Gasteiger partial charge in [-0.3, -0.25) is 9.69 Å². The maximum absolute atomic E-state index is 11.8. The number of carbonyl (C=O) groups is 1. The zero-order chi connectivity index (χ0) is 11.5. The number of nitrogens with zero attached hydrogens (tertiary/aromatic N) is 1. The number of rotatable bonds is 4. The predicted molar refractivity (Wildman–Crippen MR) is 60.7 cm³/mol. The zero-order valence-corrected chi connectivity index (χ0v) is 10.1. The Bertz CT molecular complexity index is 220. The van der Waals surface area contributed by atoms with Crippen LogP contribution >= 0.6 is 0 Å². The fraction of sp³-hybridized carbons (Fsp3) is 0.917. The summed E-state index contributed by atoms with van der Waals surface area (Å²) in [6.07, 6.45) is 2.00. The van der Waals surface area contributed by atoms with Gasteiger partial charge in [-0.15, -0.1) is 0 Å². The number of likely N-dealkylation sites (tertiary alicyclic amines) is 1. The number of hydrogen-bond acceptors (Lipinski definition) is 3. The predicted octanol–water partition coefficient (Wildman–Crippen LogP) is 1.31. The Morgan fingerprint density at radius 2 is 2.13 bits per heavy atom. The molecule has 1 aliphatic rings. The summed E-state index contributed by atoms with van der Waals surface area (Å²) >= 11 is 0. The molecule has 1 rings (SSSR count). The molecule has 0 aromatic rings. The highest BCUT2D eigenvalue weighted by atomic mass is 16.3. The quantitative estimate of drug-likeness (QED) is 0.765. The fourth-order valence-corrected chi connectivity index (χ4v) is 1.91. The van der Waals surface area contributed by atoms with Crippen LogP contribution in [0.4, 0.5) is 0 Å². The summed E-state index contributed by atoms with van der Waals surface area (Å²) in [6, 6.07) is 0. The summed E-state index contributed by atoms with van der Waals surface area (Å²) in [4.78, 5) is 14.0. The van der Waals surface area contributed by atoms with E-state index in [0.717, 1.165) is 25.9 Å². The van der Waals surface area contributed by atoms with Crippen molar-refractivity contribution >= 4 is 5.78 Å². The molecule has 1 atom stereocenters. The van der Waals surface area contributed by atoms with Crippen molar-refractivity contribution in [3.63, 3.8) is 0 Å². The van der Waals surface area contributed by atoms with Gasteiger partial charge in [-0.05, 0) is 25.3 Å². The molecule has 0 radical (unpaired) electrons. The van der Waals surface area contributed by atoms with Crippen molar-refractivity contribution in [3.05, 3.63) is 0 Å². The molecule has 1 saturated heterocycles. The van der Waals surface area contributed by atoms with E-state index in [0.29, 0.717) is 18.2 Å². The average Bonchev–Trinajstić information content (AvgIpc) is 2.51. The van der Waals surface area contributed by atoms with Crippen LogP contribution in [0.5, 0.6) is 0 Å². The second-order valence-corrected chi connectivity index (χ2v) is 5.58. The molecule has 15 heavy (non-hydrogen) atoms. The van der Waals surface area contributed by atoms with Gasteiger partial charge in [-0.1, -0.05) is 20.8 Å². The van der Waals surface area contributed by atoms with Gasteiger partial charge in [0.25, 0.3) is 0 Å². The number of hydrogen-bond donors (Lipinski definition) is 1. The molecule has 0 aromatic heterocycles. The highest BCUT2D eigenvalue weighted by Crippen LogP contribution is 2.21. The summed E-state index contributed by atoms with van der Waals surface area (Å²) < 4.78 is 0. The molecule has 0 saturated carbocycles. The van der Waals surface area contributed by atoms with E-state index in [1.54, 1.807) is 0 Å². The van der Waals surface area contributed by atoms with Crippen LogP contribution in [0.15, 0.2) is 0 Å². The largest absolute Gasteiger partial charge is 0.396 e. The molecule has 1 unspecified atom stereocenters. The highest BCUT2D eigenvalue weighted by molar-refractivity contribution is 5.85. The molecule has 0 aromatic carbocycles. The standard InChI is InChI=1S/C12H23NO2/c1-12(2,3)11(15)9-13-6-4-10(8-13)5-7-14/h10,14H,4-9H2,1-3H3. The summed E-state index contributed by atoms with van der Waals surface area (Å²) in [5.74, 6) is 0.898. The van der Waals surface area contributed by atoms with Crippen LogP contribution in [0.2, 0.25) is 0 Å². The van der Waals surface area contributed by atoms with Crippen molar-refractivity contribution in [2.24, 2.45) is 11.3 Å². The van der Waals surface area contributed by atoms with Crippen molar-refractivity contribution in [1.82, 2.24) is 4.90 Å². The molecule has 1 heterocycles. The third-order valence-corrected chi connectivity index (χ3v) is 3.11. The number of aliphatic hydroxyl groups excluding tert-OH is 1. The lowest BCUT2D eigenvalue weighted by Gasteiger charge is -2.21. The Kier molecular flexibility index (Phi) is 4.29. The van der Waals surface area contributed by atoms with Crippen LogP contribution in [0, 0.1) is 11.3 Å². The lowest BCUT2D eigenvalue weighted by atomic mass is 9.90. The van der Waals surface area contributed by atoms with Gasteiger partial charge in [-0.25, -0.2) is 0 Å². The molecule has 3 nitrogen and oxygen atoms in total. The lowest BCUT2D eigenvalue weighted by Crippen LogP contribution is -2.34. The summed E-state index contributed by atoms with van der Waals surface area (Å²) in [5, 5.41) is 8.84. The molecule has 0 spiro atoms. The number of ketones is 1. The van der Waals surface area contributed by atoms with Crippen molar-refractivity contribution in [1.29, 1.82) is 0 Å². The smallest absolute Gasteiger partial charge is 0.152 e. The van der Waals surface area contributed by atoms with Crippen LogP contribution in [-0.4, -0.2) is 42.0 Å². The van der Waals surface area contributed by atoms with Crippen LogP contribution in [0.1, 0.15) is 33.6 Å². The van der Waals surface area contributed by atoms with Gasteiger partial charge in [-0.2, -0.15) is 0 Å². The highest BCUT2D eigenvalue weighted by Gasteiger charge is 2.27. The Hall–Kier alpha value is -0.410. The van der Waals surface area contributed by atoms with Gasteiger partial charge in [0.1, 0.15) is 0 Å². The Morgan fingerprint density at radius 1 is 1.47 bits per heavy atom. The summed E-state index contributed by atoms with van der Waals surface area (Å²) in [5.41, 5.74) is -0.227. The van der Waals surface area contributed by atoms with E-state index in [2.05, 4.69) is 4.90 Å². The number of carbonyl (C=O) groups excluding carboxylic acids is 1. The third-order valence-electron chi connectivity index (χ3n) is 3.11. The summed E-state index contributed by atoms with van der Waals surface area (Å²) in [6.45, 7) is 8.73. The van der Waals surface area contributed by atoms with Crippen LogP contribution in [0.3, 0.4) is 0 Å². The molecule has 3 heteroatoms. The van der Waals surface area contributed by atoms with Crippen molar-refractivity contribution in [2.45, 2.75) is 33.6 Å². The van der Waals surface area contributed by atoms with Gasteiger partial charge >= 0.3 is 0 Å². The Morgan fingerprint density at radius 3 is 2.67 bits per heavy atom. The van der Waals surface area contributed by atoms with E-state index in [9.17, 15) is 4.79 Å². The van der Waals surface area contributed by atoms with Gasteiger partial charge in [0.2, 0.25) is 0 Å². The second-order valence-electron chi connectivity index (χ2n) is 5.58. The van der Waals surface area contributed by atoms with Crippen molar-refractivity contribution in [2.75, 3.05) is 26.2 Å². The van der Waals surface area contributed by atoms with E-state index in [-0.39, 0.29) is 12.0 Å². The Balaban J connectivity index is 2.33. The molecular weight excluding hydrogens is 190 g/mol. The number of aliphatic hydroxyl groups is 1. The SMILES string of the molecule is CC(C)(C)C(=O)CN1CCC(CCO)C1. The molecule has 0 bridgehead atoms. The van der Waals surface area contributed by atoms with Crippen molar-refractivity contribution in [3.8, 4) is 0 Å². The molecule has 1 aliphatic heterocycles. The minimum absolute atomic E-state index is 0.227. The topological polar surface area (TPSA) is 40.5 Å². The van der Waals surface area contributed by atoms with E-state index in [4.69, 9.17) is 5.11 Å². The minimum Gasteiger partial charge on any atom is -0.396 e. The first-order chi connectivity index (χ1) is 6.93. The normalized spacial score (nSPS) is 23.3. The number of Topliss-reactive ketones (excluding diaryl/α,β-unsaturated/α-hetero) is 1. The maximum atomic E-state index is 11.8. The molecule has 1 N–H and O–H groups in total. The first-order valence-electron chi connectivity index (χ1n) is 5.80. The first kappa shape index (κ1) is 12.7. The minimum atomic E-state index is -0.227. The van der Waals surface area contributed by atoms with Crippen LogP contribution in [-0.2, 0) is 4.79 Å². The van der Waals surface area contributed by atoms with Crippen LogP contribution in [0.25, 0.3) is 0 Å². The molecular formula is C12H23NO2. The third kappa shape index (κ3) is 3.92. The van der Waals surface area contributed by atoms with Crippen LogP contribution < -0.4 is 0 Å². The zero-order valence-electron chi connectivity index (χ0n) is 10.1. The lowest BCUT2D eigenvalue weighted by molar-refractivity contribution is -0.127. The first-order valence-corrected chi connectivity index (χ1v) is 5.80. The maximum Gasteiger partial charge on any atom is 0.152 e. The fourth-order valence-electron chi connectivity index (χ4n) is 1.91. The van der Waals surface area contributed by atoms with E-state index in [1.165, 1.54) is 0 Å². The molecule has 0 aliphatic carbocycles. The monoisotopic (exact) mass is 213 g/mol. The molecule has 88 valence electrons. The van der Waals surface area contributed by atoms with E-state index >= 15 is 0 Å². The molecule has 1 fully saturated rings. The summed E-state index contributed by atoms with van der Waals surface area (Å²) in [7, 11) is 0. The van der Waals surface area contributed by atoms with Gasteiger partial charge in [0.15, 0.2) is 5.78 Å². The van der Waals surface area contributed by atoms with Gasteiger partial charge in [0.05, 0.1) is 6.54 Å². The Labute approximate surface area is 92.5 Å². The second kappa shape index (κ2) is 5.08. The average molecular weight is 213 g/mol. The molecule has 0 amide bonds. The van der Waals surface area contributed by atoms with Gasteiger partial charge in [0, 0.05) is 18.6 Å². The van der Waals surface area contributed by atoms with E-state index in [1.807, 2.05) is 20.8 Å². The van der Waals surface area contributed by atoms with Gasteiger partial charge < -0.3 is 5.11 Å². The van der Waals surface area contributed by atoms with E-state index < -0.39 is 0 Å². The van der Waals surface area contributed by atoms with Crippen molar-refractivity contribution < 1.29 is 9.90 Å².